The predicted octanol–water partition coefficient (Wildman–Crippen LogP) is 3.02. The number of carboxylic acids is 2. The Hall–Kier alpha value is -0.957. The van der Waals surface area contributed by atoms with Gasteiger partial charge in [0.1, 0.15) is 0 Å². The largest absolute Gasteiger partial charge is 2.00 e. The second-order valence-electron chi connectivity index (χ2n) is 8.35. The third-order valence-corrected chi connectivity index (χ3v) is 3.10. The molecule has 0 aliphatic heterocycles. The van der Waals surface area contributed by atoms with E-state index in [0.717, 1.165) is 50.7 Å². The van der Waals surface area contributed by atoms with Crippen LogP contribution in [-0.4, -0.2) is 11.9 Å². The predicted molar refractivity (Wildman–Crippen MR) is 94.9 cm³/mol. The molecule has 0 aromatic heterocycles. The maximum Gasteiger partial charge on any atom is 2.00 e. The summed E-state index contributed by atoms with van der Waals surface area (Å²) >= 11 is 0. The van der Waals surface area contributed by atoms with E-state index in [1.165, 1.54) is 0 Å². The Kier molecular flexibility index (Phi) is 17.7. The van der Waals surface area contributed by atoms with Crippen molar-refractivity contribution in [1.29, 1.82) is 0 Å². The Morgan fingerprint density at radius 3 is 1.20 bits per heavy atom. The number of allylic oxidation sites excluding steroid dienone is 2. The van der Waals surface area contributed by atoms with Gasteiger partial charge in [-0.05, 0) is 61.5 Å². The fraction of sp³-hybridized carbons (Fsp3) is 0.700. The molecule has 140 valence electrons. The summed E-state index contributed by atoms with van der Waals surface area (Å²) in [4.78, 5) is 19.9. The molecule has 0 aromatic rings. The molecule has 0 aromatic carbocycles. The SMILES string of the molecule is CC(C)(C)CCCC=CC(=O)[O-].CC(C)(C)CCCC=CC(=O)[O-].[Zn+2]. The molecule has 0 saturated carbocycles. The van der Waals surface area contributed by atoms with Gasteiger partial charge in [-0.3, -0.25) is 0 Å². The van der Waals surface area contributed by atoms with Gasteiger partial charge in [-0.1, -0.05) is 53.7 Å². The molecule has 0 amide bonds. The molecule has 25 heavy (non-hydrogen) atoms. The van der Waals surface area contributed by atoms with E-state index in [2.05, 4.69) is 41.5 Å². The van der Waals surface area contributed by atoms with Crippen molar-refractivity contribution < 1.29 is 39.3 Å². The summed E-state index contributed by atoms with van der Waals surface area (Å²) in [6.45, 7) is 13.1. The third kappa shape index (κ3) is 35.1. The molecule has 0 aliphatic rings. The van der Waals surface area contributed by atoms with Crippen LogP contribution in [0.4, 0.5) is 0 Å². The van der Waals surface area contributed by atoms with Crippen LogP contribution in [-0.2, 0) is 29.1 Å². The minimum Gasteiger partial charge on any atom is -0.545 e. The third-order valence-electron chi connectivity index (χ3n) is 3.10. The van der Waals surface area contributed by atoms with E-state index in [9.17, 15) is 19.8 Å². The molecule has 0 rings (SSSR count). The number of hydrogen-bond acceptors (Lipinski definition) is 4. The van der Waals surface area contributed by atoms with Crippen LogP contribution in [0.1, 0.15) is 80.1 Å². The zero-order valence-electron chi connectivity index (χ0n) is 16.9. The maximum absolute atomic E-state index is 9.96. The van der Waals surface area contributed by atoms with Crippen LogP contribution in [0, 0.1) is 10.8 Å². The Bertz CT molecular complexity index is 372. The molecule has 0 saturated heterocycles. The summed E-state index contributed by atoms with van der Waals surface area (Å²) in [7, 11) is 0. The van der Waals surface area contributed by atoms with Crippen molar-refractivity contribution in [3.05, 3.63) is 24.3 Å². The van der Waals surface area contributed by atoms with E-state index in [0.29, 0.717) is 10.8 Å². The number of aliphatic carboxylic acids is 2. The van der Waals surface area contributed by atoms with E-state index in [4.69, 9.17) is 0 Å². The van der Waals surface area contributed by atoms with Gasteiger partial charge >= 0.3 is 19.5 Å². The smallest absolute Gasteiger partial charge is 0.545 e. The van der Waals surface area contributed by atoms with Crippen LogP contribution in [0.15, 0.2) is 24.3 Å². The number of carbonyl (C=O) groups excluding carboxylic acids is 2. The molecule has 0 atom stereocenters. The molecule has 5 heteroatoms. The summed E-state index contributed by atoms with van der Waals surface area (Å²) < 4.78 is 0. The van der Waals surface area contributed by atoms with E-state index < -0.39 is 11.9 Å². The average Bonchev–Trinajstić information content (AvgIpc) is 2.35. The first-order chi connectivity index (χ1) is 10.8. The number of carboxylic acid groups (broad SMARTS) is 2. The molecule has 0 heterocycles. The number of hydrogen-bond donors (Lipinski definition) is 0. The molecule has 0 N–H and O–H groups in total. The van der Waals surface area contributed by atoms with Crippen LogP contribution < -0.4 is 10.2 Å². The van der Waals surface area contributed by atoms with Gasteiger partial charge in [-0.2, -0.15) is 0 Å². The van der Waals surface area contributed by atoms with Crippen molar-refractivity contribution in [3.63, 3.8) is 0 Å². The van der Waals surface area contributed by atoms with E-state index in [1.54, 1.807) is 12.2 Å². The Labute approximate surface area is 166 Å². The van der Waals surface area contributed by atoms with Crippen LogP contribution >= 0.6 is 0 Å². The number of carbonyl (C=O) groups is 2. The first-order valence-corrected chi connectivity index (χ1v) is 8.58. The topological polar surface area (TPSA) is 80.3 Å². The van der Waals surface area contributed by atoms with Gasteiger partial charge in [-0.25, -0.2) is 0 Å². The zero-order chi connectivity index (χ0) is 19.2. The van der Waals surface area contributed by atoms with Gasteiger partial charge < -0.3 is 19.8 Å². The van der Waals surface area contributed by atoms with Gasteiger partial charge in [0.25, 0.3) is 0 Å². The molecule has 0 fully saturated rings. The number of rotatable bonds is 8. The first kappa shape index (κ1) is 28.8. The van der Waals surface area contributed by atoms with Crippen LogP contribution in [0.5, 0.6) is 0 Å². The van der Waals surface area contributed by atoms with Gasteiger partial charge in [-0.15, -0.1) is 0 Å². The Morgan fingerprint density at radius 1 is 0.720 bits per heavy atom. The molecular formula is C20H34O4Zn. The van der Waals surface area contributed by atoms with Crippen molar-refractivity contribution in [1.82, 2.24) is 0 Å². The Balaban J connectivity index is -0.000000372. The fourth-order valence-electron chi connectivity index (χ4n) is 1.86. The summed E-state index contributed by atoms with van der Waals surface area (Å²) in [5.41, 5.74) is 0.685. The molecule has 0 unspecified atom stereocenters. The quantitative estimate of drug-likeness (QED) is 0.354. The zero-order valence-corrected chi connectivity index (χ0v) is 19.9. The normalized spacial score (nSPS) is 11.8. The van der Waals surface area contributed by atoms with Gasteiger partial charge in [0, 0.05) is 0 Å². The van der Waals surface area contributed by atoms with Crippen molar-refractivity contribution in [2.24, 2.45) is 10.8 Å². The monoisotopic (exact) mass is 402 g/mol. The fourth-order valence-corrected chi connectivity index (χ4v) is 1.86. The van der Waals surface area contributed by atoms with Crippen LogP contribution in [0.2, 0.25) is 0 Å². The molecule has 0 aliphatic carbocycles. The van der Waals surface area contributed by atoms with E-state index in [1.807, 2.05) is 0 Å². The Morgan fingerprint density at radius 2 is 1.00 bits per heavy atom. The summed E-state index contributed by atoms with van der Waals surface area (Å²) in [6.07, 6.45) is 11.5. The maximum atomic E-state index is 9.96. The first-order valence-electron chi connectivity index (χ1n) is 8.58. The minimum atomic E-state index is -1.11. The van der Waals surface area contributed by atoms with Crippen LogP contribution in [0.3, 0.4) is 0 Å². The second kappa shape index (κ2) is 15.3. The van der Waals surface area contributed by atoms with Crippen molar-refractivity contribution in [3.8, 4) is 0 Å². The average molecular weight is 404 g/mol. The standard InChI is InChI=1S/2C10H18O2.Zn/c2*1-10(2,3)8-6-4-5-7-9(11)12;/h2*5,7H,4,6,8H2,1-3H3,(H,11,12);/q;;+2/p-2. The summed E-state index contributed by atoms with van der Waals surface area (Å²) in [5.74, 6) is -2.21. The van der Waals surface area contributed by atoms with Gasteiger partial charge in [0.2, 0.25) is 0 Å². The molecule has 0 bridgehead atoms. The van der Waals surface area contributed by atoms with Crippen molar-refractivity contribution in [2.75, 3.05) is 0 Å². The molecule has 0 spiro atoms. The summed E-state index contributed by atoms with van der Waals surface area (Å²) in [5, 5.41) is 19.9. The van der Waals surface area contributed by atoms with E-state index >= 15 is 0 Å². The molecule has 0 radical (unpaired) electrons. The van der Waals surface area contributed by atoms with Crippen molar-refractivity contribution >= 4 is 11.9 Å². The minimum absolute atomic E-state index is 0. The van der Waals surface area contributed by atoms with Crippen molar-refractivity contribution in [2.45, 2.75) is 80.1 Å². The number of unbranched alkanes of at least 4 members (excludes halogenated alkanes) is 2. The van der Waals surface area contributed by atoms with Gasteiger partial charge in [0.15, 0.2) is 0 Å². The summed E-state index contributed by atoms with van der Waals surface area (Å²) in [6, 6.07) is 0. The molecular weight excluding hydrogens is 370 g/mol. The molecule has 4 nitrogen and oxygen atoms in total. The van der Waals surface area contributed by atoms with E-state index in [-0.39, 0.29) is 19.5 Å². The van der Waals surface area contributed by atoms with Crippen LogP contribution in [0.25, 0.3) is 0 Å². The second-order valence-corrected chi connectivity index (χ2v) is 8.35. The van der Waals surface area contributed by atoms with Gasteiger partial charge in [0.05, 0.1) is 11.9 Å².